The number of carbonyl (C=O) groups is 2. The average molecular weight is 287 g/mol. The first-order valence-electron chi connectivity index (χ1n) is 6.83. The average Bonchev–Trinajstić information content (AvgIpc) is 2.54. The molecule has 7 heteroatoms. The van der Waals surface area contributed by atoms with Crippen LogP contribution in [0.15, 0.2) is 29.4 Å². The molecular formula is C14H17N5O2. The van der Waals surface area contributed by atoms with Gasteiger partial charge in [0, 0.05) is 35.8 Å². The van der Waals surface area contributed by atoms with Gasteiger partial charge in [0.05, 0.1) is 6.04 Å². The number of aldehydes is 1. The molecule has 1 aliphatic rings. The minimum absolute atomic E-state index is 0.106. The van der Waals surface area contributed by atoms with Crippen LogP contribution in [0.3, 0.4) is 0 Å². The number of likely N-dealkylation sites (N-methyl/N-ethyl adjacent to an activating group) is 1. The summed E-state index contributed by atoms with van der Waals surface area (Å²) < 4.78 is 0. The van der Waals surface area contributed by atoms with Gasteiger partial charge >= 0.3 is 0 Å². The van der Waals surface area contributed by atoms with E-state index in [-0.39, 0.29) is 11.9 Å². The van der Waals surface area contributed by atoms with E-state index in [4.69, 9.17) is 5.53 Å². The minimum atomic E-state index is -0.241. The van der Waals surface area contributed by atoms with E-state index in [1.54, 1.807) is 29.2 Å². The number of nitrogens with zero attached hydrogens (tertiary/aromatic N) is 5. The second kappa shape index (κ2) is 6.88. The molecule has 1 aromatic rings. The highest BCUT2D eigenvalue weighted by molar-refractivity contribution is 5.94. The zero-order valence-corrected chi connectivity index (χ0v) is 11.8. The molecule has 0 N–H and O–H groups in total. The van der Waals surface area contributed by atoms with Crippen LogP contribution in [0.4, 0.5) is 5.69 Å². The molecule has 1 heterocycles. The molecule has 2 rings (SSSR count). The summed E-state index contributed by atoms with van der Waals surface area (Å²) in [5.74, 6) is -0.106. The molecule has 0 bridgehead atoms. The number of rotatable bonds is 4. The van der Waals surface area contributed by atoms with Crippen molar-refractivity contribution in [2.24, 2.45) is 5.11 Å². The summed E-state index contributed by atoms with van der Waals surface area (Å²) in [5.41, 5.74) is 9.35. The molecule has 1 fully saturated rings. The Hall–Kier alpha value is -2.37. The van der Waals surface area contributed by atoms with Crippen LogP contribution in [0.5, 0.6) is 0 Å². The highest BCUT2D eigenvalue weighted by Crippen LogP contribution is 2.16. The third-order valence-electron chi connectivity index (χ3n) is 3.66. The van der Waals surface area contributed by atoms with E-state index in [9.17, 15) is 9.59 Å². The van der Waals surface area contributed by atoms with Gasteiger partial charge in [0.1, 0.15) is 6.29 Å². The number of hydrogen-bond donors (Lipinski definition) is 0. The fourth-order valence-electron chi connectivity index (χ4n) is 2.46. The molecule has 1 aliphatic heterocycles. The maximum atomic E-state index is 12.4. The fraction of sp³-hybridized carbons (Fsp3) is 0.429. The van der Waals surface area contributed by atoms with E-state index in [1.807, 2.05) is 6.92 Å². The second-order valence-electron chi connectivity index (χ2n) is 4.82. The van der Waals surface area contributed by atoms with Gasteiger partial charge in [-0.25, -0.2) is 0 Å². The van der Waals surface area contributed by atoms with Gasteiger partial charge in [-0.05, 0) is 24.2 Å². The van der Waals surface area contributed by atoms with Crippen LogP contribution in [0.2, 0.25) is 0 Å². The van der Waals surface area contributed by atoms with Crippen LogP contribution in [0.1, 0.15) is 17.3 Å². The van der Waals surface area contributed by atoms with E-state index >= 15 is 0 Å². The number of hydrogen-bond acceptors (Lipinski definition) is 4. The van der Waals surface area contributed by atoms with Crippen LogP contribution < -0.4 is 0 Å². The zero-order valence-electron chi connectivity index (χ0n) is 11.8. The molecule has 0 aliphatic carbocycles. The molecule has 0 aromatic heterocycles. The molecule has 1 aromatic carbocycles. The van der Waals surface area contributed by atoms with Crippen LogP contribution in [-0.2, 0) is 4.79 Å². The molecule has 0 saturated carbocycles. The Morgan fingerprint density at radius 3 is 2.71 bits per heavy atom. The maximum absolute atomic E-state index is 12.4. The number of azide groups is 1. The van der Waals surface area contributed by atoms with E-state index in [1.165, 1.54) is 0 Å². The predicted molar refractivity (Wildman–Crippen MR) is 78.3 cm³/mol. The highest BCUT2D eigenvalue weighted by Gasteiger charge is 2.28. The smallest absolute Gasteiger partial charge is 0.253 e. The van der Waals surface area contributed by atoms with Crippen molar-refractivity contribution < 1.29 is 9.59 Å². The van der Waals surface area contributed by atoms with Gasteiger partial charge in [-0.1, -0.05) is 24.2 Å². The van der Waals surface area contributed by atoms with Gasteiger partial charge in [0.25, 0.3) is 5.91 Å². The monoisotopic (exact) mass is 287 g/mol. The molecule has 0 radical (unpaired) electrons. The molecule has 1 amide bonds. The van der Waals surface area contributed by atoms with Crippen molar-refractivity contribution >= 4 is 17.9 Å². The fourth-order valence-corrected chi connectivity index (χ4v) is 2.46. The van der Waals surface area contributed by atoms with Crippen molar-refractivity contribution in [1.29, 1.82) is 0 Å². The Labute approximate surface area is 122 Å². The number of piperazine rings is 1. The van der Waals surface area contributed by atoms with Gasteiger partial charge in [-0.15, -0.1) is 0 Å². The third kappa shape index (κ3) is 3.39. The molecule has 1 unspecified atom stereocenters. The van der Waals surface area contributed by atoms with Crippen molar-refractivity contribution in [3.05, 3.63) is 40.3 Å². The molecule has 0 spiro atoms. The Bertz CT molecular complexity index is 565. The summed E-state index contributed by atoms with van der Waals surface area (Å²) in [4.78, 5) is 30.0. The van der Waals surface area contributed by atoms with Crippen molar-refractivity contribution in [1.82, 2.24) is 9.80 Å². The highest BCUT2D eigenvalue weighted by atomic mass is 16.2. The number of carbonyl (C=O) groups excluding carboxylic acids is 2. The summed E-state index contributed by atoms with van der Waals surface area (Å²) >= 11 is 0. The van der Waals surface area contributed by atoms with Gasteiger partial charge in [0.15, 0.2) is 0 Å². The summed E-state index contributed by atoms with van der Waals surface area (Å²) in [6.45, 7) is 4.51. The Kier molecular flexibility index (Phi) is 4.92. The first kappa shape index (κ1) is 15.0. The molecule has 1 saturated heterocycles. The summed E-state index contributed by atoms with van der Waals surface area (Å²) in [6.07, 6.45) is 0.896. The van der Waals surface area contributed by atoms with Gasteiger partial charge < -0.3 is 9.69 Å². The van der Waals surface area contributed by atoms with E-state index in [0.29, 0.717) is 30.9 Å². The Morgan fingerprint density at radius 2 is 2.14 bits per heavy atom. The van der Waals surface area contributed by atoms with Crippen molar-refractivity contribution in [3.8, 4) is 0 Å². The van der Waals surface area contributed by atoms with Crippen LogP contribution >= 0.6 is 0 Å². The second-order valence-corrected chi connectivity index (χ2v) is 4.82. The standard InChI is InChI=1S/C14H17N5O2/c1-2-18-7-8-19(9-13(18)10-20)14(21)11-3-5-12(6-4-11)16-17-15/h3-6,10,13H,2,7-9H2,1H3. The lowest BCUT2D eigenvalue weighted by Crippen LogP contribution is -2.55. The zero-order chi connectivity index (χ0) is 15.2. The van der Waals surface area contributed by atoms with Crippen LogP contribution in [0, 0.1) is 0 Å². The van der Waals surface area contributed by atoms with Crippen molar-refractivity contribution in [2.75, 3.05) is 26.2 Å². The normalized spacial score (nSPS) is 18.9. The lowest BCUT2D eigenvalue weighted by atomic mass is 10.1. The van der Waals surface area contributed by atoms with E-state index < -0.39 is 0 Å². The topological polar surface area (TPSA) is 89.4 Å². The quantitative estimate of drug-likeness (QED) is 0.367. The van der Waals surface area contributed by atoms with Gasteiger partial charge in [0.2, 0.25) is 0 Å². The van der Waals surface area contributed by atoms with Crippen LogP contribution in [-0.4, -0.2) is 54.2 Å². The Balaban J connectivity index is 2.09. The van der Waals surface area contributed by atoms with Crippen molar-refractivity contribution in [2.45, 2.75) is 13.0 Å². The Morgan fingerprint density at radius 1 is 1.43 bits per heavy atom. The summed E-state index contributed by atoms with van der Waals surface area (Å²) in [7, 11) is 0. The van der Waals surface area contributed by atoms with Crippen molar-refractivity contribution in [3.63, 3.8) is 0 Å². The number of amides is 1. The SMILES string of the molecule is CCN1CCN(C(=O)c2ccc(N=[N+]=[N-])cc2)CC1C=O. The molecular weight excluding hydrogens is 270 g/mol. The van der Waals surface area contributed by atoms with Gasteiger partial charge in [-0.3, -0.25) is 9.69 Å². The number of benzene rings is 1. The molecule has 7 nitrogen and oxygen atoms in total. The molecule has 110 valence electrons. The lowest BCUT2D eigenvalue weighted by Gasteiger charge is -2.38. The lowest BCUT2D eigenvalue weighted by molar-refractivity contribution is -0.114. The van der Waals surface area contributed by atoms with Gasteiger partial charge in [-0.2, -0.15) is 0 Å². The summed E-state index contributed by atoms with van der Waals surface area (Å²) in [6, 6.07) is 6.23. The van der Waals surface area contributed by atoms with Crippen LogP contribution in [0.25, 0.3) is 10.4 Å². The molecule has 1 atom stereocenters. The first-order valence-corrected chi connectivity index (χ1v) is 6.83. The maximum Gasteiger partial charge on any atom is 0.253 e. The minimum Gasteiger partial charge on any atom is -0.335 e. The third-order valence-corrected chi connectivity index (χ3v) is 3.66. The summed E-state index contributed by atoms with van der Waals surface area (Å²) in [5, 5.41) is 3.47. The predicted octanol–water partition coefficient (Wildman–Crippen LogP) is 1.97. The molecule has 21 heavy (non-hydrogen) atoms. The first-order chi connectivity index (χ1) is 10.2. The van der Waals surface area contributed by atoms with E-state index in [2.05, 4.69) is 14.9 Å². The van der Waals surface area contributed by atoms with E-state index in [0.717, 1.165) is 12.8 Å². The largest absolute Gasteiger partial charge is 0.335 e.